The van der Waals surface area contributed by atoms with E-state index in [0.29, 0.717) is 0 Å². The van der Waals surface area contributed by atoms with Crippen molar-refractivity contribution in [3.8, 4) is 17.2 Å². The summed E-state index contributed by atoms with van der Waals surface area (Å²) in [6.07, 6.45) is 2.31. The molecule has 2 aromatic carbocycles. The van der Waals surface area contributed by atoms with Gasteiger partial charge in [0.25, 0.3) is 0 Å². The van der Waals surface area contributed by atoms with Crippen LogP contribution < -0.4 is 4.90 Å². The third-order valence-electron chi connectivity index (χ3n) is 4.46. The van der Waals surface area contributed by atoms with Gasteiger partial charge in [-0.1, -0.05) is 12.1 Å². The van der Waals surface area contributed by atoms with E-state index < -0.39 is 0 Å². The predicted molar refractivity (Wildman–Crippen MR) is 87.7 cm³/mol. The summed E-state index contributed by atoms with van der Waals surface area (Å²) in [6.45, 7) is 5.41. The minimum absolute atomic E-state index is 0.733. The molecule has 0 fully saturated rings. The van der Waals surface area contributed by atoms with Crippen LogP contribution in [0.2, 0.25) is 0 Å². The topological polar surface area (TPSA) is 27.0 Å². The van der Waals surface area contributed by atoms with Gasteiger partial charge in [-0.3, -0.25) is 0 Å². The molecule has 0 N–H and O–H groups in total. The summed E-state index contributed by atoms with van der Waals surface area (Å²) in [5.74, 6) is 0. The lowest BCUT2D eigenvalue weighted by Crippen LogP contribution is -2.25. The molecule has 0 radical (unpaired) electrons. The molecule has 0 saturated carbocycles. The van der Waals surface area contributed by atoms with Gasteiger partial charge in [0.15, 0.2) is 0 Å². The third kappa shape index (κ3) is 2.29. The molecule has 0 bridgehead atoms. The van der Waals surface area contributed by atoms with E-state index in [2.05, 4.69) is 50.1 Å². The summed E-state index contributed by atoms with van der Waals surface area (Å²) >= 11 is 0. The summed E-state index contributed by atoms with van der Waals surface area (Å²) in [6, 6.07) is 12.7. The maximum atomic E-state index is 9.19. The molecule has 2 heteroatoms. The first-order chi connectivity index (χ1) is 10.1. The Labute approximate surface area is 126 Å². The largest absolute Gasteiger partial charge is 0.374 e. The van der Waals surface area contributed by atoms with Gasteiger partial charge in [0.1, 0.15) is 0 Å². The Morgan fingerprint density at radius 2 is 1.86 bits per heavy atom. The highest BCUT2D eigenvalue weighted by molar-refractivity contribution is 5.80. The van der Waals surface area contributed by atoms with Gasteiger partial charge in [-0.2, -0.15) is 5.26 Å². The second-order valence-corrected chi connectivity index (χ2v) is 5.92. The van der Waals surface area contributed by atoms with E-state index in [1.165, 1.54) is 39.9 Å². The summed E-state index contributed by atoms with van der Waals surface area (Å²) in [7, 11) is 2.16. The SMILES string of the molecule is Cc1ccc(C#N)cc1-c1c(C)ccc2c1CCCN2C. The van der Waals surface area contributed by atoms with Crippen LogP contribution in [0, 0.1) is 25.2 Å². The number of hydrogen-bond donors (Lipinski definition) is 0. The molecule has 0 amide bonds. The van der Waals surface area contributed by atoms with Gasteiger partial charge in [-0.25, -0.2) is 0 Å². The molecule has 2 aromatic rings. The number of aryl methyl sites for hydroxylation is 2. The summed E-state index contributed by atoms with van der Waals surface area (Å²) in [5.41, 5.74) is 8.57. The number of nitriles is 1. The van der Waals surface area contributed by atoms with E-state index in [4.69, 9.17) is 0 Å². The Morgan fingerprint density at radius 3 is 2.62 bits per heavy atom. The lowest BCUT2D eigenvalue weighted by molar-refractivity contribution is 0.745. The highest BCUT2D eigenvalue weighted by Gasteiger charge is 2.20. The zero-order valence-electron chi connectivity index (χ0n) is 12.9. The molecule has 1 heterocycles. The Balaban J connectivity index is 2.28. The normalized spacial score (nSPS) is 13.7. The number of hydrogen-bond acceptors (Lipinski definition) is 2. The smallest absolute Gasteiger partial charge is 0.0991 e. The molecule has 106 valence electrons. The molecule has 2 nitrogen and oxygen atoms in total. The molecular weight excluding hydrogens is 256 g/mol. The average Bonchev–Trinajstić information content (AvgIpc) is 2.48. The Bertz CT molecular complexity index is 738. The Kier molecular flexibility index (Phi) is 3.43. The zero-order valence-corrected chi connectivity index (χ0v) is 12.9. The molecule has 0 atom stereocenters. The summed E-state index contributed by atoms with van der Waals surface area (Å²) < 4.78 is 0. The van der Waals surface area contributed by atoms with Crippen molar-refractivity contribution in [3.63, 3.8) is 0 Å². The molecule has 0 aromatic heterocycles. The maximum absolute atomic E-state index is 9.19. The first-order valence-electron chi connectivity index (χ1n) is 7.46. The molecule has 1 aliphatic heterocycles. The fraction of sp³-hybridized carbons (Fsp3) is 0.316. The van der Waals surface area contributed by atoms with Crippen molar-refractivity contribution in [2.24, 2.45) is 0 Å². The van der Waals surface area contributed by atoms with E-state index >= 15 is 0 Å². The number of benzene rings is 2. The number of fused-ring (bicyclic) bond motifs is 1. The van der Waals surface area contributed by atoms with Crippen LogP contribution in [0.4, 0.5) is 5.69 Å². The predicted octanol–water partition coefficient (Wildman–Crippen LogP) is 4.22. The van der Waals surface area contributed by atoms with Crippen molar-refractivity contribution < 1.29 is 0 Å². The van der Waals surface area contributed by atoms with E-state index in [1.54, 1.807) is 0 Å². The molecule has 0 unspecified atom stereocenters. The highest BCUT2D eigenvalue weighted by Crippen LogP contribution is 2.38. The number of rotatable bonds is 1. The van der Waals surface area contributed by atoms with Crippen molar-refractivity contribution in [2.75, 3.05) is 18.5 Å². The van der Waals surface area contributed by atoms with Gasteiger partial charge in [0, 0.05) is 19.3 Å². The van der Waals surface area contributed by atoms with Gasteiger partial charge in [-0.05, 0) is 72.7 Å². The van der Waals surface area contributed by atoms with Crippen LogP contribution in [0.3, 0.4) is 0 Å². The second kappa shape index (κ2) is 5.26. The fourth-order valence-corrected chi connectivity index (χ4v) is 3.31. The lowest BCUT2D eigenvalue weighted by atomic mass is 9.86. The van der Waals surface area contributed by atoms with Gasteiger partial charge >= 0.3 is 0 Å². The minimum Gasteiger partial charge on any atom is -0.374 e. The van der Waals surface area contributed by atoms with Crippen molar-refractivity contribution in [1.82, 2.24) is 0 Å². The standard InChI is InChI=1S/C19H20N2/c1-13-6-8-15(12-20)11-17(13)19-14(2)7-9-18-16(19)5-4-10-21(18)3/h6-9,11H,4-5,10H2,1-3H3. The number of anilines is 1. The van der Waals surface area contributed by atoms with Crippen LogP contribution in [0.1, 0.15) is 28.7 Å². The highest BCUT2D eigenvalue weighted by atomic mass is 15.1. The van der Waals surface area contributed by atoms with Gasteiger partial charge in [0.2, 0.25) is 0 Å². The number of nitrogens with zero attached hydrogens (tertiary/aromatic N) is 2. The summed E-state index contributed by atoms with van der Waals surface area (Å²) in [5, 5.41) is 9.19. The van der Waals surface area contributed by atoms with Crippen molar-refractivity contribution in [3.05, 3.63) is 52.6 Å². The molecular formula is C19H20N2. The first kappa shape index (κ1) is 13.7. The van der Waals surface area contributed by atoms with E-state index in [-0.39, 0.29) is 0 Å². The van der Waals surface area contributed by atoms with Crippen molar-refractivity contribution in [1.29, 1.82) is 5.26 Å². The minimum atomic E-state index is 0.733. The van der Waals surface area contributed by atoms with Crippen molar-refractivity contribution in [2.45, 2.75) is 26.7 Å². The first-order valence-corrected chi connectivity index (χ1v) is 7.46. The third-order valence-corrected chi connectivity index (χ3v) is 4.46. The van der Waals surface area contributed by atoms with Gasteiger partial charge in [-0.15, -0.1) is 0 Å². The zero-order chi connectivity index (χ0) is 15.0. The van der Waals surface area contributed by atoms with Crippen LogP contribution in [0.5, 0.6) is 0 Å². The van der Waals surface area contributed by atoms with Crippen LogP contribution in [0.15, 0.2) is 30.3 Å². The van der Waals surface area contributed by atoms with Gasteiger partial charge in [0.05, 0.1) is 11.6 Å². The monoisotopic (exact) mass is 276 g/mol. The quantitative estimate of drug-likeness (QED) is 0.779. The van der Waals surface area contributed by atoms with Crippen LogP contribution in [-0.4, -0.2) is 13.6 Å². The Morgan fingerprint density at radius 1 is 1.10 bits per heavy atom. The molecule has 0 saturated heterocycles. The molecule has 1 aliphatic rings. The van der Waals surface area contributed by atoms with Crippen LogP contribution >= 0.6 is 0 Å². The van der Waals surface area contributed by atoms with Crippen LogP contribution in [0.25, 0.3) is 11.1 Å². The van der Waals surface area contributed by atoms with E-state index in [0.717, 1.165) is 18.5 Å². The van der Waals surface area contributed by atoms with Crippen molar-refractivity contribution >= 4 is 5.69 Å². The second-order valence-electron chi connectivity index (χ2n) is 5.92. The lowest BCUT2D eigenvalue weighted by Gasteiger charge is -2.30. The molecule has 0 aliphatic carbocycles. The fourth-order valence-electron chi connectivity index (χ4n) is 3.31. The van der Waals surface area contributed by atoms with E-state index in [1.807, 2.05) is 12.1 Å². The average molecular weight is 276 g/mol. The molecule has 3 rings (SSSR count). The molecule has 21 heavy (non-hydrogen) atoms. The Hall–Kier alpha value is -2.27. The van der Waals surface area contributed by atoms with E-state index in [9.17, 15) is 5.26 Å². The van der Waals surface area contributed by atoms with Gasteiger partial charge < -0.3 is 4.90 Å². The van der Waals surface area contributed by atoms with Crippen LogP contribution in [-0.2, 0) is 6.42 Å². The maximum Gasteiger partial charge on any atom is 0.0991 e. The summed E-state index contributed by atoms with van der Waals surface area (Å²) in [4.78, 5) is 2.34. The molecule has 0 spiro atoms.